The van der Waals surface area contributed by atoms with E-state index in [9.17, 15) is 9.90 Å². The maximum absolute atomic E-state index is 12.4. The minimum absolute atomic E-state index is 0.125. The summed E-state index contributed by atoms with van der Waals surface area (Å²) in [4.78, 5) is 16.7. The first-order valence-corrected chi connectivity index (χ1v) is 11.4. The number of carbonyl (C=O) groups is 1. The zero-order valence-electron chi connectivity index (χ0n) is 18.0. The number of aromatic hydroxyl groups is 1. The molecule has 6 heteroatoms. The number of phenols is 1. The van der Waals surface area contributed by atoms with Crippen LogP contribution in [-0.2, 0) is 16.7 Å². The van der Waals surface area contributed by atoms with Gasteiger partial charge in [0.15, 0.2) is 11.5 Å². The molecule has 1 spiro atoms. The minimum Gasteiger partial charge on any atom is -0.504 e. The van der Waals surface area contributed by atoms with E-state index in [-0.39, 0.29) is 29.5 Å². The Bertz CT molecular complexity index is 861. The Labute approximate surface area is 178 Å². The van der Waals surface area contributed by atoms with Gasteiger partial charge in [0, 0.05) is 38.2 Å². The number of ether oxygens (including phenoxy) is 2. The summed E-state index contributed by atoms with van der Waals surface area (Å²) in [6.45, 7) is 8.26. The summed E-state index contributed by atoms with van der Waals surface area (Å²) in [5, 5.41) is 10.5. The normalized spacial score (nSPS) is 29.5. The lowest BCUT2D eigenvalue weighted by molar-refractivity contribution is 0.0426. The van der Waals surface area contributed by atoms with Gasteiger partial charge >= 0.3 is 6.09 Å². The van der Waals surface area contributed by atoms with Gasteiger partial charge in [0.05, 0.1) is 5.41 Å². The number of phenolic OH excluding ortho intramolecular Hbond substituents is 1. The lowest BCUT2D eigenvalue weighted by Gasteiger charge is -2.37. The second kappa shape index (κ2) is 7.49. The molecule has 5 rings (SSSR count). The van der Waals surface area contributed by atoms with E-state index in [1.807, 2.05) is 19.9 Å². The zero-order chi connectivity index (χ0) is 20.9. The lowest BCUT2D eigenvalue weighted by Crippen LogP contribution is -2.45. The maximum atomic E-state index is 12.4. The van der Waals surface area contributed by atoms with Crippen LogP contribution in [0.3, 0.4) is 0 Å². The van der Waals surface area contributed by atoms with E-state index in [0.717, 1.165) is 37.5 Å². The topological polar surface area (TPSA) is 62.2 Å². The Balaban J connectivity index is 1.43. The highest BCUT2D eigenvalue weighted by molar-refractivity contribution is 5.68. The van der Waals surface area contributed by atoms with Crippen molar-refractivity contribution in [3.63, 3.8) is 0 Å². The van der Waals surface area contributed by atoms with Crippen molar-refractivity contribution in [1.82, 2.24) is 9.80 Å². The number of hydrogen-bond acceptors (Lipinski definition) is 5. The molecule has 1 aromatic carbocycles. The molecular formula is C24H32N2O4. The molecule has 1 aromatic rings. The molecule has 0 saturated heterocycles. The lowest BCUT2D eigenvalue weighted by atomic mass is 9.69. The van der Waals surface area contributed by atoms with E-state index in [2.05, 4.69) is 17.0 Å². The predicted molar refractivity (Wildman–Crippen MR) is 114 cm³/mol. The molecule has 4 aliphatic rings. The standard InChI is InChI=1S/C24H32N2O4/c1-3-26(4-2)23(28)29-18-9-10-24-11-12-25(14-16-5-6-16)15-17-7-8-19(27)22(21(17)24)30-20(24)13-18/h7-10,16,18,20,27H,3-6,11-15H2,1-2H3/t18-,20-,24-/m0/s1. The quantitative estimate of drug-likeness (QED) is 0.745. The molecule has 1 fully saturated rings. The molecule has 162 valence electrons. The summed E-state index contributed by atoms with van der Waals surface area (Å²) in [6.07, 6.45) is 7.81. The molecule has 0 bridgehead atoms. The van der Waals surface area contributed by atoms with Crippen molar-refractivity contribution in [3.05, 3.63) is 35.4 Å². The first kappa shape index (κ1) is 19.7. The van der Waals surface area contributed by atoms with Crippen LogP contribution in [0.5, 0.6) is 11.5 Å². The number of carbonyl (C=O) groups excluding carboxylic acids is 1. The molecule has 30 heavy (non-hydrogen) atoms. The molecule has 2 heterocycles. The molecule has 0 unspecified atom stereocenters. The van der Waals surface area contributed by atoms with Gasteiger partial charge in [-0.15, -0.1) is 0 Å². The second-order valence-electron chi connectivity index (χ2n) is 9.21. The van der Waals surface area contributed by atoms with Crippen molar-refractivity contribution in [1.29, 1.82) is 0 Å². The van der Waals surface area contributed by atoms with Crippen molar-refractivity contribution in [3.8, 4) is 11.5 Å². The van der Waals surface area contributed by atoms with Gasteiger partial charge in [-0.1, -0.05) is 12.1 Å². The molecule has 1 amide bonds. The fourth-order valence-corrected chi connectivity index (χ4v) is 5.43. The number of amides is 1. The number of rotatable bonds is 5. The Morgan fingerprint density at radius 1 is 1.33 bits per heavy atom. The van der Waals surface area contributed by atoms with Crippen LogP contribution in [0.2, 0.25) is 0 Å². The minimum atomic E-state index is -0.306. The summed E-state index contributed by atoms with van der Waals surface area (Å²) >= 11 is 0. The maximum Gasteiger partial charge on any atom is 0.410 e. The SMILES string of the molecule is CCN(CC)C(=O)O[C@H]1C=C[C@@]23CCN(CC4CC4)Cc4ccc(O)c(c42)O[C@H]3C1. The molecule has 1 saturated carbocycles. The third-order valence-corrected chi connectivity index (χ3v) is 7.30. The molecule has 6 nitrogen and oxygen atoms in total. The van der Waals surface area contributed by atoms with Crippen molar-refractivity contribution in [2.75, 3.05) is 26.2 Å². The van der Waals surface area contributed by atoms with Gasteiger partial charge < -0.3 is 19.5 Å². The van der Waals surface area contributed by atoms with Gasteiger partial charge in [-0.2, -0.15) is 0 Å². The molecule has 2 aliphatic heterocycles. The van der Waals surface area contributed by atoms with Gasteiger partial charge in [0.25, 0.3) is 0 Å². The average molecular weight is 413 g/mol. The third-order valence-electron chi connectivity index (χ3n) is 7.30. The highest BCUT2D eigenvalue weighted by Crippen LogP contribution is 2.55. The summed E-state index contributed by atoms with van der Waals surface area (Å²) < 4.78 is 12.1. The molecule has 2 aliphatic carbocycles. The van der Waals surface area contributed by atoms with Crippen molar-refractivity contribution < 1.29 is 19.4 Å². The second-order valence-corrected chi connectivity index (χ2v) is 9.21. The van der Waals surface area contributed by atoms with Crippen LogP contribution in [0.4, 0.5) is 4.79 Å². The van der Waals surface area contributed by atoms with Gasteiger partial charge in [0.1, 0.15) is 12.2 Å². The first-order chi connectivity index (χ1) is 14.5. The van der Waals surface area contributed by atoms with E-state index < -0.39 is 0 Å². The summed E-state index contributed by atoms with van der Waals surface area (Å²) in [5.74, 6) is 1.69. The molecule has 0 radical (unpaired) electrons. The Morgan fingerprint density at radius 3 is 2.87 bits per heavy atom. The van der Waals surface area contributed by atoms with Crippen molar-refractivity contribution >= 4 is 6.09 Å². The number of benzene rings is 1. The van der Waals surface area contributed by atoms with Crippen LogP contribution in [0.15, 0.2) is 24.3 Å². The number of hydrogen-bond donors (Lipinski definition) is 1. The van der Waals surface area contributed by atoms with E-state index in [4.69, 9.17) is 9.47 Å². The third kappa shape index (κ3) is 3.25. The van der Waals surface area contributed by atoms with Crippen molar-refractivity contribution in [2.45, 2.75) is 63.7 Å². The fourth-order valence-electron chi connectivity index (χ4n) is 5.43. The predicted octanol–water partition coefficient (Wildman–Crippen LogP) is 3.81. The molecule has 1 N–H and O–H groups in total. The van der Waals surface area contributed by atoms with Crippen LogP contribution in [-0.4, -0.2) is 59.4 Å². The Morgan fingerprint density at radius 2 is 2.13 bits per heavy atom. The molecule has 0 aromatic heterocycles. The largest absolute Gasteiger partial charge is 0.504 e. The van der Waals surface area contributed by atoms with Crippen LogP contribution in [0, 0.1) is 5.92 Å². The first-order valence-electron chi connectivity index (χ1n) is 11.4. The smallest absolute Gasteiger partial charge is 0.410 e. The van der Waals surface area contributed by atoms with Gasteiger partial charge in [-0.3, -0.25) is 4.90 Å². The van der Waals surface area contributed by atoms with Gasteiger partial charge in [0.2, 0.25) is 0 Å². The van der Waals surface area contributed by atoms with Gasteiger partial charge in [-0.25, -0.2) is 4.79 Å². The monoisotopic (exact) mass is 412 g/mol. The number of nitrogens with zero attached hydrogens (tertiary/aromatic N) is 2. The highest BCUT2D eigenvalue weighted by Gasteiger charge is 2.53. The van der Waals surface area contributed by atoms with Crippen molar-refractivity contribution in [2.24, 2.45) is 5.92 Å². The Kier molecular flexibility index (Phi) is 4.92. The van der Waals surface area contributed by atoms with Gasteiger partial charge in [-0.05, 0) is 63.3 Å². The summed E-state index contributed by atoms with van der Waals surface area (Å²) in [5.41, 5.74) is 2.15. The summed E-state index contributed by atoms with van der Waals surface area (Å²) in [7, 11) is 0. The zero-order valence-corrected chi connectivity index (χ0v) is 18.0. The Hall–Kier alpha value is -2.21. The van der Waals surface area contributed by atoms with Crippen LogP contribution >= 0.6 is 0 Å². The summed E-state index contributed by atoms with van der Waals surface area (Å²) in [6, 6.07) is 3.83. The molecular weight excluding hydrogens is 380 g/mol. The van der Waals surface area contributed by atoms with Crippen LogP contribution < -0.4 is 4.74 Å². The van der Waals surface area contributed by atoms with Crippen LogP contribution in [0.25, 0.3) is 0 Å². The van der Waals surface area contributed by atoms with E-state index in [1.165, 1.54) is 18.4 Å². The highest BCUT2D eigenvalue weighted by atomic mass is 16.6. The average Bonchev–Trinajstić information content (AvgIpc) is 3.50. The van der Waals surface area contributed by atoms with Crippen LogP contribution in [0.1, 0.15) is 50.7 Å². The van der Waals surface area contributed by atoms with E-state index in [1.54, 1.807) is 11.0 Å². The van der Waals surface area contributed by atoms with E-state index >= 15 is 0 Å². The fraction of sp³-hybridized carbons (Fsp3) is 0.625. The van der Waals surface area contributed by atoms with E-state index in [0.29, 0.717) is 25.3 Å². The molecule has 3 atom stereocenters.